The van der Waals surface area contributed by atoms with Gasteiger partial charge in [0.25, 0.3) is 0 Å². The van der Waals surface area contributed by atoms with Crippen molar-refractivity contribution in [3.63, 3.8) is 0 Å². The van der Waals surface area contributed by atoms with Crippen LogP contribution < -0.4 is 5.32 Å². The highest BCUT2D eigenvalue weighted by Gasteiger charge is 2.41. The molecule has 1 aliphatic carbocycles. The molecule has 5 heteroatoms. The van der Waals surface area contributed by atoms with Crippen LogP contribution in [0.1, 0.15) is 31.9 Å². The third-order valence-electron chi connectivity index (χ3n) is 3.41. The van der Waals surface area contributed by atoms with E-state index >= 15 is 0 Å². The summed E-state index contributed by atoms with van der Waals surface area (Å²) in [5, 5.41) is 3.93. The number of halogens is 1. The Labute approximate surface area is 104 Å². The van der Waals surface area contributed by atoms with Crippen LogP contribution in [0.4, 0.5) is 5.82 Å². The molecule has 0 unspecified atom stereocenters. The maximum Gasteiger partial charge on any atom is 0.224 e. The van der Waals surface area contributed by atoms with Gasteiger partial charge in [0.2, 0.25) is 5.28 Å². The molecular weight excluding hydrogens is 242 g/mol. The Morgan fingerprint density at radius 1 is 1.44 bits per heavy atom. The molecule has 0 amide bonds. The molecule has 1 aliphatic heterocycles. The average molecular weight is 256 g/mol. The van der Waals surface area contributed by atoms with Gasteiger partial charge in [0, 0.05) is 17.7 Å². The van der Waals surface area contributed by atoms with E-state index in [-0.39, 0.29) is 5.54 Å². The molecule has 0 aromatic carbocycles. The summed E-state index contributed by atoms with van der Waals surface area (Å²) in [6, 6.07) is 0. The van der Waals surface area contributed by atoms with Crippen molar-refractivity contribution in [3.05, 3.63) is 11.0 Å². The van der Waals surface area contributed by atoms with E-state index in [1.165, 1.54) is 17.7 Å². The minimum absolute atomic E-state index is 0.286. The van der Waals surface area contributed by atoms with Gasteiger partial charge in [-0.3, -0.25) is 0 Å². The fraction of sp³-hybridized carbons (Fsp3) is 0.636. The Balaban J connectivity index is 1.94. The van der Waals surface area contributed by atoms with Crippen LogP contribution in [0.3, 0.4) is 0 Å². The third-order valence-corrected chi connectivity index (χ3v) is 4.70. The normalized spacial score (nSPS) is 20.6. The van der Waals surface area contributed by atoms with Crippen molar-refractivity contribution in [2.75, 3.05) is 11.1 Å². The molecular formula is C11H14ClN3S. The number of thioether (sulfide) groups is 1. The Morgan fingerprint density at radius 2 is 2.25 bits per heavy atom. The predicted molar refractivity (Wildman–Crippen MR) is 67.3 cm³/mol. The van der Waals surface area contributed by atoms with Gasteiger partial charge in [0.05, 0.1) is 10.6 Å². The predicted octanol–water partition coefficient (Wildman–Crippen LogP) is 3.13. The molecule has 1 saturated carbocycles. The highest BCUT2D eigenvalue weighted by atomic mass is 35.5. The molecule has 0 atom stereocenters. The lowest BCUT2D eigenvalue weighted by molar-refractivity contribution is 0.693. The van der Waals surface area contributed by atoms with Crippen LogP contribution in [0, 0.1) is 0 Å². The van der Waals surface area contributed by atoms with Crippen molar-refractivity contribution in [2.45, 2.75) is 43.0 Å². The monoisotopic (exact) mass is 255 g/mol. The lowest BCUT2D eigenvalue weighted by Crippen LogP contribution is -2.21. The van der Waals surface area contributed by atoms with Crippen LogP contribution in [0.15, 0.2) is 4.90 Å². The fourth-order valence-electron chi connectivity index (χ4n) is 2.09. The summed E-state index contributed by atoms with van der Waals surface area (Å²) in [6.07, 6.45) is 4.64. The van der Waals surface area contributed by atoms with Gasteiger partial charge < -0.3 is 5.32 Å². The quantitative estimate of drug-likeness (QED) is 0.843. The standard InChI is InChI=1S/C11H14ClN3S/c1-2-11(4-5-11)15-9-8-7(3-6-16-8)13-10(12)14-9/h2-6H2,1H3,(H,13,14,15). The Hall–Kier alpha value is -0.480. The molecule has 3 nitrogen and oxygen atoms in total. The SMILES string of the molecule is CCC1(Nc2nc(Cl)nc3c2SCC3)CC1. The first-order chi connectivity index (χ1) is 7.72. The van der Waals surface area contributed by atoms with Gasteiger partial charge in [-0.05, 0) is 30.9 Å². The number of nitrogens with one attached hydrogen (secondary N) is 1. The summed E-state index contributed by atoms with van der Waals surface area (Å²) >= 11 is 7.79. The first-order valence-corrected chi connectivity index (χ1v) is 7.06. The number of anilines is 1. The zero-order valence-electron chi connectivity index (χ0n) is 9.22. The van der Waals surface area contributed by atoms with E-state index in [0.717, 1.165) is 30.1 Å². The van der Waals surface area contributed by atoms with Crippen LogP contribution >= 0.6 is 23.4 Å². The second kappa shape index (κ2) is 3.77. The third kappa shape index (κ3) is 1.78. The van der Waals surface area contributed by atoms with Crippen LogP contribution in [0.25, 0.3) is 0 Å². The molecule has 1 N–H and O–H groups in total. The van der Waals surface area contributed by atoms with E-state index < -0.39 is 0 Å². The summed E-state index contributed by atoms with van der Waals surface area (Å²) in [5.41, 5.74) is 1.40. The van der Waals surface area contributed by atoms with Gasteiger partial charge in [-0.25, -0.2) is 4.98 Å². The fourth-order valence-corrected chi connectivity index (χ4v) is 3.33. The lowest BCUT2D eigenvalue weighted by Gasteiger charge is -2.17. The molecule has 0 radical (unpaired) electrons. The Morgan fingerprint density at radius 3 is 2.94 bits per heavy atom. The Bertz CT molecular complexity index is 431. The minimum atomic E-state index is 0.286. The number of nitrogens with zero attached hydrogens (tertiary/aromatic N) is 2. The second-order valence-corrected chi connectivity index (χ2v) is 5.92. The van der Waals surface area contributed by atoms with E-state index in [1.807, 2.05) is 11.8 Å². The molecule has 16 heavy (non-hydrogen) atoms. The van der Waals surface area contributed by atoms with Crippen molar-refractivity contribution < 1.29 is 0 Å². The smallest absolute Gasteiger partial charge is 0.224 e. The van der Waals surface area contributed by atoms with Crippen molar-refractivity contribution in [1.82, 2.24) is 9.97 Å². The van der Waals surface area contributed by atoms with E-state index in [9.17, 15) is 0 Å². The van der Waals surface area contributed by atoms with Crippen molar-refractivity contribution in [1.29, 1.82) is 0 Å². The summed E-state index contributed by atoms with van der Waals surface area (Å²) in [4.78, 5) is 9.84. The average Bonchev–Trinajstić information content (AvgIpc) is 2.87. The molecule has 1 aromatic heterocycles. The van der Waals surface area contributed by atoms with Crippen LogP contribution in [-0.4, -0.2) is 21.3 Å². The molecule has 86 valence electrons. The van der Waals surface area contributed by atoms with Crippen molar-refractivity contribution >= 4 is 29.2 Å². The summed E-state index contributed by atoms with van der Waals surface area (Å²) < 4.78 is 0. The van der Waals surface area contributed by atoms with E-state index in [4.69, 9.17) is 11.6 Å². The first kappa shape index (κ1) is 10.7. The molecule has 0 saturated heterocycles. The second-order valence-electron chi connectivity index (χ2n) is 4.47. The Kier molecular flexibility index (Phi) is 2.51. The van der Waals surface area contributed by atoms with E-state index in [1.54, 1.807) is 0 Å². The number of fused-ring (bicyclic) bond motifs is 1. The van der Waals surface area contributed by atoms with Crippen LogP contribution in [0.2, 0.25) is 5.28 Å². The lowest BCUT2D eigenvalue weighted by atomic mass is 10.2. The van der Waals surface area contributed by atoms with Crippen LogP contribution in [-0.2, 0) is 6.42 Å². The number of aromatic nitrogens is 2. The van der Waals surface area contributed by atoms with E-state index in [2.05, 4.69) is 22.2 Å². The molecule has 1 fully saturated rings. The number of rotatable bonds is 3. The highest BCUT2D eigenvalue weighted by Crippen LogP contribution is 2.44. The van der Waals surface area contributed by atoms with Gasteiger partial charge in [0.15, 0.2) is 0 Å². The molecule has 2 heterocycles. The van der Waals surface area contributed by atoms with E-state index in [0.29, 0.717) is 5.28 Å². The molecule has 0 bridgehead atoms. The molecule has 3 rings (SSSR count). The summed E-state index contributed by atoms with van der Waals surface area (Å²) in [7, 11) is 0. The van der Waals surface area contributed by atoms with Crippen molar-refractivity contribution in [3.8, 4) is 0 Å². The van der Waals surface area contributed by atoms with Gasteiger partial charge in [-0.15, -0.1) is 11.8 Å². The van der Waals surface area contributed by atoms with Crippen LogP contribution in [0.5, 0.6) is 0 Å². The van der Waals surface area contributed by atoms with Gasteiger partial charge >= 0.3 is 0 Å². The van der Waals surface area contributed by atoms with Crippen molar-refractivity contribution in [2.24, 2.45) is 0 Å². The molecule has 0 spiro atoms. The largest absolute Gasteiger partial charge is 0.364 e. The number of hydrogen-bond donors (Lipinski definition) is 1. The molecule has 2 aliphatic rings. The summed E-state index contributed by atoms with van der Waals surface area (Å²) in [6.45, 7) is 2.22. The van der Waals surface area contributed by atoms with Gasteiger partial charge in [0.1, 0.15) is 5.82 Å². The maximum atomic E-state index is 5.95. The topological polar surface area (TPSA) is 37.8 Å². The zero-order chi connectivity index (χ0) is 11.2. The number of hydrogen-bond acceptors (Lipinski definition) is 4. The van der Waals surface area contributed by atoms with Gasteiger partial charge in [-0.1, -0.05) is 6.92 Å². The first-order valence-electron chi connectivity index (χ1n) is 5.70. The zero-order valence-corrected chi connectivity index (χ0v) is 10.8. The van der Waals surface area contributed by atoms with Gasteiger partial charge in [-0.2, -0.15) is 4.98 Å². The summed E-state index contributed by atoms with van der Waals surface area (Å²) in [5.74, 6) is 2.05. The highest BCUT2D eigenvalue weighted by molar-refractivity contribution is 7.99. The maximum absolute atomic E-state index is 5.95. The number of aryl methyl sites for hydroxylation is 1. The molecule has 1 aromatic rings. The minimum Gasteiger partial charge on any atom is -0.364 e.